The number of nitrogens with zero attached hydrogens (tertiary/aromatic N) is 4. The van der Waals surface area contributed by atoms with Crippen LogP contribution in [0.3, 0.4) is 0 Å². The molecule has 4 rings (SSSR count). The van der Waals surface area contributed by atoms with Gasteiger partial charge in [0.15, 0.2) is 17.5 Å². The molecule has 1 aromatic carbocycles. The second kappa shape index (κ2) is 8.78. The van der Waals surface area contributed by atoms with E-state index in [0.29, 0.717) is 29.7 Å². The summed E-state index contributed by atoms with van der Waals surface area (Å²) in [6.45, 7) is 8.28. The van der Waals surface area contributed by atoms with Crippen LogP contribution in [0.25, 0.3) is 17.1 Å². The summed E-state index contributed by atoms with van der Waals surface area (Å²) in [6, 6.07) is 15.5. The van der Waals surface area contributed by atoms with Crippen molar-refractivity contribution in [3.63, 3.8) is 0 Å². The van der Waals surface area contributed by atoms with Crippen molar-refractivity contribution in [3.05, 3.63) is 78.1 Å². The molecule has 0 aliphatic rings. The van der Waals surface area contributed by atoms with Crippen LogP contribution in [0.5, 0.6) is 0 Å². The zero-order valence-electron chi connectivity index (χ0n) is 18.8. The molecule has 0 radical (unpaired) electrons. The molecule has 0 aliphatic carbocycles. The molecule has 4 aromatic rings. The highest BCUT2D eigenvalue weighted by Crippen LogP contribution is 2.26. The van der Waals surface area contributed by atoms with Crippen molar-refractivity contribution in [3.8, 4) is 17.1 Å². The molecule has 1 N–H and O–H groups in total. The Hall–Kier alpha value is -3.74. The first-order valence-corrected chi connectivity index (χ1v) is 10.6. The number of aromatic nitrogens is 4. The number of aryl methyl sites for hydroxylation is 2. The van der Waals surface area contributed by atoms with Crippen molar-refractivity contribution in [1.82, 2.24) is 19.7 Å². The molecule has 32 heavy (non-hydrogen) atoms. The van der Waals surface area contributed by atoms with Gasteiger partial charge in [-0.15, -0.1) is 0 Å². The highest BCUT2D eigenvalue weighted by atomic mass is 16.4. The van der Waals surface area contributed by atoms with Gasteiger partial charge >= 0.3 is 0 Å². The highest BCUT2D eigenvalue weighted by molar-refractivity contribution is 5.90. The standard InChI is InChI=1S/C25H27N5O2/c1-17-8-10-18(11-9-17)19-16-27-24(32-19)13-12-23(31)28-22-15-20(25(2,3)4)29-30(22)21-7-5-6-14-26-21/h5-11,14-16H,12-13H2,1-4H3,(H,28,31). The summed E-state index contributed by atoms with van der Waals surface area (Å²) in [6.07, 6.45) is 4.05. The maximum absolute atomic E-state index is 12.7. The number of rotatable bonds is 6. The average Bonchev–Trinajstić information content (AvgIpc) is 3.41. The smallest absolute Gasteiger partial charge is 0.226 e. The second-order valence-corrected chi connectivity index (χ2v) is 8.80. The summed E-state index contributed by atoms with van der Waals surface area (Å²) in [4.78, 5) is 21.4. The molecule has 0 fully saturated rings. The van der Waals surface area contributed by atoms with Gasteiger partial charge in [0.05, 0.1) is 11.9 Å². The van der Waals surface area contributed by atoms with Gasteiger partial charge in [0.25, 0.3) is 0 Å². The number of nitrogens with one attached hydrogen (secondary N) is 1. The lowest BCUT2D eigenvalue weighted by molar-refractivity contribution is -0.116. The largest absolute Gasteiger partial charge is 0.441 e. The van der Waals surface area contributed by atoms with Crippen molar-refractivity contribution >= 4 is 11.7 Å². The third-order valence-corrected chi connectivity index (χ3v) is 5.07. The van der Waals surface area contributed by atoms with Gasteiger partial charge in [-0.1, -0.05) is 56.7 Å². The van der Waals surface area contributed by atoms with Crippen molar-refractivity contribution in [1.29, 1.82) is 0 Å². The Bertz CT molecular complexity index is 1200. The molecule has 1 amide bonds. The molecule has 3 heterocycles. The van der Waals surface area contributed by atoms with Gasteiger partial charge in [0.2, 0.25) is 5.91 Å². The monoisotopic (exact) mass is 429 g/mol. The topological polar surface area (TPSA) is 85.8 Å². The van der Waals surface area contributed by atoms with E-state index < -0.39 is 0 Å². The molecule has 0 aliphatic heterocycles. The van der Waals surface area contributed by atoms with Crippen LogP contribution in [-0.4, -0.2) is 25.7 Å². The van der Waals surface area contributed by atoms with Crippen LogP contribution < -0.4 is 5.32 Å². The summed E-state index contributed by atoms with van der Waals surface area (Å²) >= 11 is 0. The molecule has 0 saturated heterocycles. The maximum atomic E-state index is 12.7. The van der Waals surface area contributed by atoms with Gasteiger partial charge in [0.1, 0.15) is 5.82 Å². The van der Waals surface area contributed by atoms with E-state index in [0.717, 1.165) is 11.3 Å². The van der Waals surface area contributed by atoms with E-state index in [9.17, 15) is 4.79 Å². The Morgan fingerprint density at radius 2 is 1.88 bits per heavy atom. The Balaban J connectivity index is 1.45. The number of hydrogen-bond acceptors (Lipinski definition) is 5. The number of anilines is 1. The van der Waals surface area contributed by atoms with Crippen LogP contribution in [0, 0.1) is 6.92 Å². The summed E-state index contributed by atoms with van der Waals surface area (Å²) in [5, 5.41) is 7.64. The number of carbonyl (C=O) groups is 1. The minimum Gasteiger partial charge on any atom is -0.441 e. The summed E-state index contributed by atoms with van der Waals surface area (Å²) < 4.78 is 7.50. The third-order valence-electron chi connectivity index (χ3n) is 5.07. The number of benzene rings is 1. The maximum Gasteiger partial charge on any atom is 0.226 e. The molecule has 0 bridgehead atoms. The predicted molar refractivity (Wildman–Crippen MR) is 124 cm³/mol. The number of oxazole rings is 1. The van der Waals surface area contributed by atoms with Gasteiger partial charge in [-0.2, -0.15) is 9.78 Å². The van der Waals surface area contributed by atoms with Crippen LogP contribution in [0.4, 0.5) is 5.82 Å². The Kier molecular flexibility index (Phi) is 5.90. The van der Waals surface area contributed by atoms with Crippen molar-refractivity contribution in [2.45, 2.75) is 46.0 Å². The van der Waals surface area contributed by atoms with E-state index >= 15 is 0 Å². The van der Waals surface area contributed by atoms with Crippen LogP contribution in [0.1, 0.15) is 44.3 Å². The predicted octanol–water partition coefficient (Wildman–Crippen LogP) is 5.10. The number of carbonyl (C=O) groups excluding carboxylic acids is 1. The van der Waals surface area contributed by atoms with Crippen LogP contribution >= 0.6 is 0 Å². The van der Waals surface area contributed by atoms with Gasteiger partial charge in [-0.25, -0.2) is 9.97 Å². The molecular formula is C25H27N5O2. The zero-order valence-corrected chi connectivity index (χ0v) is 18.8. The van der Waals surface area contributed by atoms with Gasteiger partial charge < -0.3 is 9.73 Å². The molecule has 7 heteroatoms. The van der Waals surface area contributed by atoms with E-state index in [1.54, 1.807) is 17.1 Å². The number of hydrogen-bond donors (Lipinski definition) is 1. The Labute approximate surface area is 187 Å². The molecular weight excluding hydrogens is 402 g/mol. The molecule has 0 spiro atoms. The van der Waals surface area contributed by atoms with Crippen LogP contribution in [-0.2, 0) is 16.6 Å². The second-order valence-electron chi connectivity index (χ2n) is 8.80. The Morgan fingerprint density at radius 3 is 2.56 bits per heavy atom. The van der Waals surface area contributed by atoms with E-state index in [-0.39, 0.29) is 17.7 Å². The summed E-state index contributed by atoms with van der Waals surface area (Å²) in [5.74, 6) is 2.32. The van der Waals surface area contributed by atoms with Gasteiger partial charge in [-0.05, 0) is 19.1 Å². The number of pyridine rings is 1. The molecule has 0 atom stereocenters. The quantitative estimate of drug-likeness (QED) is 0.461. The van der Waals surface area contributed by atoms with Crippen LogP contribution in [0.2, 0.25) is 0 Å². The Morgan fingerprint density at radius 1 is 1.09 bits per heavy atom. The normalized spacial score (nSPS) is 11.5. The first-order chi connectivity index (χ1) is 15.3. The lowest BCUT2D eigenvalue weighted by atomic mass is 9.92. The minimum absolute atomic E-state index is 0.141. The van der Waals surface area contributed by atoms with E-state index in [1.165, 1.54) is 5.56 Å². The van der Waals surface area contributed by atoms with Crippen molar-refractivity contribution in [2.24, 2.45) is 0 Å². The van der Waals surface area contributed by atoms with Crippen molar-refractivity contribution < 1.29 is 9.21 Å². The van der Waals surface area contributed by atoms with Gasteiger partial charge in [-0.3, -0.25) is 4.79 Å². The SMILES string of the molecule is Cc1ccc(-c2cnc(CCC(=O)Nc3cc(C(C)(C)C)nn3-c3ccccn3)o2)cc1. The number of amides is 1. The molecule has 164 valence electrons. The van der Waals surface area contributed by atoms with Crippen molar-refractivity contribution in [2.75, 3.05) is 5.32 Å². The first-order valence-electron chi connectivity index (χ1n) is 10.6. The average molecular weight is 430 g/mol. The van der Waals surface area contributed by atoms with E-state index in [4.69, 9.17) is 4.42 Å². The van der Waals surface area contributed by atoms with Gasteiger partial charge in [0, 0.05) is 36.1 Å². The lowest BCUT2D eigenvalue weighted by Gasteiger charge is -2.13. The zero-order chi connectivity index (χ0) is 22.7. The molecule has 0 saturated carbocycles. The van der Waals surface area contributed by atoms with E-state index in [2.05, 4.69) is 41.2 Å². The van der Waals surface area contributed by atoms with E-state index in [1.807, 2.05) is 55.5 Å². The molecule has 0 unspecified atom stereocenters. The fourth-order valence-electron chi connectivity index (χ4n) is 3.19. The minimum atomic E-state index is -0.163. The highest BCUT2D eigenvalue weighted by Gasteiger charge is 2.22. The third kappa shape index (κ3) is 4.94. The molecule has 3 aromatic heterocycles. The summed E-state index contributed by atoms with van der Waals surface area (Å²) in [5.41, 5.74) is 2.86. The summed E-state index contributed by atoms with van der Waals surface area (Å²) in [7, 11) is 0. The lowest BCUT2D eigenvalue weighted by Crippen LogP contribution is -2.16. The fourth-order valence-corrected chi connectivity index (χ4v) is 3.19. The first kappa shape index (κ1) is 21.5. The fraction of sp³-hybridized carbons (Fsp3) is 0.280. The van der Waals surface area contributed by atoms with Crippen LogP contribution in [0.15, 0.2) is 65.3 Å². The molecule has 7 nitrogen and oxygen atoms in total.